The van der Waals surface area contributed by atoms with Crippen molar-refractivity contribution in [3.05, 3.63) is 53.1 Å². The number of rotatable bonds is 4. The van der Waals surface area contributed by atoms with Crippen molar-refractivity contribution < 1.29 is 9.53 Å². The van der Waals surface area contributed by atoms with Gasteiger partial charge in [0.15, 0.2) is 5.65 Å². The van der Waals surface area contributed by atoms with Crippen molar-refractivity contribution in [2.45, 2.75) is 25.8 Å². The van der Waals surface area contributed by atoms with Crippen molar-refractivity contribution in [3.8, 4) is 5.69 Å². The molecule has 0 spiro atoms. The van der Waals surface area contributed by atoms with Gasteiger partial charge in [0.05, 0.1) is 23.1 Å². The SMILES string of the molecule is CCOC(=O)N1CCC(Nc2ncc3c4n[nH]cc4c(=O)n(-c4ccccc4)c3n2)CC1. The Bertz CT molecular complexity index is 1320. The fourth-order valence-electron chi connectivity index (χ4n) is 4.08. The van der Waals surface area contributed by atoms with Crippen molar-refractivity contribution in [2.75, 3.05) is 25.0 Å². The van der Waals surface area contributed by atoms with Crippen LogP contribution in [0.25, 0.3) is 27.6 Å². The molecule has 0 bridgehead atoms. The maximum Gasteiger partial charge on any atom is 0.409 e. The zero-order valence-electron chi connectivity index (χ0n) is 17.6. The number of H-pyrrole nitrogens is 1. The number of aromatic nitrogens is 5. The first-order valence-electron chi connectivity index (χ1n) is 10.6. The van der Waals surface area contributed by atoms with Crippen LogP contribution in [-0.4, -0.2) is 61.5 Å². The highest BCUT2D eigenvalue weighted by atomic mass is 16.6. The summed E-state index contributed by atoms with van der Waals surface area (Å²) in [6.07, 6.45) is 4.53. The number of pyridine rings is 1. The molecule has 1 aliphatic rings. The Hall–Kier alpha value is -3.95. The van der Waals surface area contributed by atoms with Crippen LogP contribution in [0.15, 0.2) is 47.5 Å². The molecule has 32 heavy (non-hydrogen) atoms. The van der Waals surface area contributed by atoms with Crippen LogP contribution in [0.1, 0.15) is 19.8 Å². The van der Waals surface area contributed by atoms with Crippen molar-refractivity contribution >= 4 is 34.0 Å². The fraction of sp³-hybridized carbons (Fsp3) is 0.318. The Morgan fingerprint density at radius 1 is 1.22 bits per heavy atom. The monoisotopic (exact) mass is 433 g/mol. The van der Waals surface area contributed by atoms with Crippen LogP contribution in [0.2, 0.25) is 0 Å². The Morgan fingerprint density at radius 3 is 2.75 bits per heavy atom. The average molecular weight is 433 g/mol. The standard InChI is InChI=1S/C22H23N7O3/c1-2-32-22(31)28-10-8-14(9-11-28)25-21-23-12-16-18-17(13-24-27-18)20(30)29(19(16)26-21)15-6-4-3-5-7-15/h3-7,12-14H,2,8-11H2,1H3,(H,24,27)(H,23,25,26). The molecule has 1 aliphatic heterocycles. The lowest BCUT2D eigenvalue weighted by atomic mass is 10.1. The third kappa shape index (κ3) is 3.53. The maximum atomic E-state index is 13.2. The lowest BCUT2D eigenvalue weighted by Gasteiger charge is -2.31. The van der Waals surface area contributed by atoms with E-state index in [1.807, 2.05) is 30.3 Å². The molecule has 0 atom stereocenters. The summed E-state index contributed by atoms with van der Waals surface area (Å²) in [5.41, 5.74) is 1.56. The van der Waals surface area contributed by atoms with Gasteiger partial charge in [-0.2, -0.15) is 10.1 Å². The van der Waals surface area contributed by atoms with Gasteiger partial charge in [0.25, 0.3) is 5.56 Å². The summed E-state index contributed by atoms with van der Waals surface area (Å²) in [6.45, 7) is 3.38. The minimum Gasteiger partial charge on any atom is -0.450 e. The zero-order chi connectivity index (χ0) is 22.1. The van der Waals surface area contributed by atoms with E-state index in [-0.39, 0.29) is 17.7 Å². The number of amides is 1. The molecule has 10 heteroatoms. The number of fused-ring (bicyclic) bond motifs is 3. The van der Waals surface area contributed by atoms with Gasteiger partial charge < -0.3 is 15.0 Å². The molecule has 3 aromatic heterocycles. The van der Waals surface area contributed by atoms with Crippen LogP contribution in [0, 0.1) is 0 Å². The predicted molar refractivity (Wildman–Crippen MR) is 120 cm³/mol. The first kappa shape index (κ1) is 20.0. The molecule has 4 aromatic rings. The highest BCUT2D eigenvalue weighted by molar-refractivity contribution is 6.02. The number of ether oxygens (including phenoxy) is 1. The number of benzene rings is 1. The topological polar surface area (TPSA) is 118 Å². The van der Waals surface area contributed by atoms with E-state index in [0.29, 0.717) is 47.6 Å². The lowest BCUT2D eigenvalue weighted by Crippen LogP contribution is -2.42. The number of likely N-dealkylation sites (tertiary alicyclic amines) is 1. The molecule has 0 aliphatic carbocycles. The van der Waals surface area contributed by atoms with Gasteiger partial charge in [-0.15, -0.1) is 0 Å². The van der Waals surface area contributed by atoms with Gasteiger partial charge in [0, 0.05) is 31.5 Å². The summed E-state index contributed by atoms with van der Waals surface area (Å²) in [5.74, 6) is 0.436. The maximum absolute atomic E-state index is 13.2. The molecule has 10 nitrogen and oxygen atoms in total. The van der Waals surface area contributed by atoms with Crippen LogP contribution in [0.3, 0.4) is 0 Å². The number of carbonyl (C=O) groups is 1. The highest BCUT2D eigenvalue weighted by Crippen LogP contribution is 2.23. The third-order valence-corrected chi connectivity index (χ3v) is 5.68. The number of aromatic amines is 1. The normalized spacial score (nSPS) is 14.7. The van der Waals surface area contributed by atoms with E-state index in [2.05, 4.69) is 20.5 Å². The first-order chi connectivity index (χ1) is 15.7. The number of nitrogens with zero attached hydrogens (tertiary/aromatic N) is 5. The summed E-state index contributed by atoms with van der Waals surface area (Å²) in [4.78, 5) is 36.0. The van der Waals surface area contributed by atoms with Gasteiger partial charge in [-0.1, -0.05) is 18.2 Å². The number of nitrogens with one attached hydrogen (secondary N) is 2. The summed E-state index contributed by atoms with van der Waals surface area (Å²) in [7, 11) is 0. The molecule has 0 radical (unpaired) electrons. The molecule has 1 aromatic carbocycles. The molecule has 1 saturated heterocycles. The Balaban J connectivity index is 1.48. The van der Waals surface area contributed by atoms with Crippen LogP contribution in [0.4, 0.5) is 10.7 Å². The molecule has 164 valence electrons. The quantitative estimate of drug-likeness (QED) is 0.508. The van der Waals surface area contributed by atoms with Crippen molar-refractivity contribution in [2.24, 2.45) is 0 Å². The van der Waals surface area contributed by atoms with E-state index < -0.39 is 0 Å². The minimum atomic E-state index is -0.275. The van der Waals surface area contributed by atoms with Gasteiger partial charge >= 0.3 is 6.09 Å². The lowest BCUT2D eigenvalue weighted by molar-refractivity contribution is 0.0983. The summed E-state index contributed by atoms with van der Waals surface area (Å²) in [5, 5.41) is 11.5. The van der Waals surface area contributed by atoms with Gasteiger partial charge in [0.1, 0.15) is 5.52 Å². The molecule has 4 heterocycles. The van der Waals surface area contributed by atoms with Crippen LogP contribution < -0.4 is 10.9 Å². The number of piperidine rings is 1. The second kappa shape index (κ2) is 8.29. The largest absolute Gasteiger partial charge is 0.450 e. The number of para-hydroxylation sites is 1. The van der Waals surface area contributed by atoms with Gasteiger partial charge in [-0.3, -0.25) is 14.5 Å². The Kier molecular flexibility index (Phi) is 5.18. The second-order valence-electron chi connectivity index (χ2n) is 7.66. The molecule has 2 N–H and O–H groups in total. The molecule has 0 saturated carbocycles. The Labute approximate surface area is 183 Å². The van der Waals surface area contributed by atoms with E-state index in [0.717, 1.165) is 18.5 Å². The Morgan fingerprint density at radius 2 is 2.00 bits per heavy atom. The summed E-state index contributed by atoms with van der Waals surface area (Å²) in [6, 6.07) is 9.51. The zero-order valence-corrected chi connectivity index (χ0v) is 17.6. The first-order valence-corrected chi connectivity index (χ1v) is 10.6. The molecule has 5 rings (SSSR count). The number of carbonyl (C=O) groups excluding carboxylic acids is 1. The van der Waals surface area contributed by atoms with Crippen molar-refractivity contribution in [3.63, 3.8) is 0 Å². The minimum absolute atomic E-state index is 0.115. The predicted octanol–water partition coefficient (Wildman–Crippen LogP) is 2.69. The van der Waals surface area contributed by atoms with Crippen molar-refractivity contribution in [1.29, 1.82) is 0 Å². The number of hydrogen-bond donors (Lipinski definition) is 2. The molecule has 1 fully saturated rings. The van der Waals surface area contributed by atoms with E-state index in [1.165, 1.54) is 0 Å². The highest BCUT2D eigenvalue weighted by Gasteiger charge is 2.24. The van der Waals surface area contributed by atoms with Crippen LogP contribution >= 0.6 is 0 Å². The molecular formula is C22H23N7O3. The van der Waals surface area contributed by atoms with E-state index >= 15 is 0 Å². The summed E-state index contributed by atoms with van der Waals surface area (Å²) >= 11 is 0. The average Bonchev–Trinajstić information content (AvgIpc) is 3.31. The number of hydrogen-bond acceptors (Lipinski definition) is 7. The van der Waals surface area contributed by atoms with Crippen molar-refractivity contribution in [1.82, 2.24) is 29.6 Å². The van der Waals surface area contributed by atoms with Crippen LogP contribution in [0.5, 0.6) is 0 Å². The van der Waals surface area contributed by atoms with Gasteiger partial charge in [0.2, 0.25) is 5.95 Å². The van der Waals surface area contributed by atoms with E-state index in [1.54, 1.807) is 28.8 Å². The summed E-state index contributed by atoms with van der Waals surface area (Å²) < 4.78 is 6.67. The fourth-order valence-corrected chi connectivity index (χ4v) is 4.08. The van der Waals surface area contributed by atoms with Gasteiger partial charge in [-0.25, -0.2) is 9.78 Å². The molecule has 1 amide bonds. The van der Waals surface area contributed by atoms with Gasteiger partial charge in [-0.05, 0) is 31.9 Å². The second-order valence-corrected chi connectivity index (χ2v) is 7.66. The van der Waals surface area contributed by atoms with E-state index in [9.17, 15) is 9.59 Å². The molecular weight excluding hydrogens is 410 g/mol. The molecule has 0 unspecified atom stereocenters. The third-order valence-electron chi connectivity index (χ3n) is 5.68. The van der Waals surface area contributed by atoms with E-state index in [4.69, 9.17) is 9.72 Å². The van der Waals surface area contributed by atoms with Crippen LogP contribution in [-0.2, 0) is 4.74 Å². The smallest absolute Gasteiger partial charge is 0.409 e. The number of anilines is 1.